The molecular formula is C13H17F2NO4S. The summed E-state index contributed by atoms with van der Waals surface area (Å²) in [4.78, 5) is 10.9. The van der Waals surface area contributed by atoms with Gasteiger partial charge in [-0.3, -0.25) is 4.79 Å². The summed E-state index contributed by atoms with van der Waals surface area (Å²) in [5.41, 5.74) is 0.366. The van der Waals surface area contributed by atoms with Crippen LogP contribution in [0.4, 0.5) is 8.78 Å². The van der Waals surface area contributed by atoms with E-state index in [0.717, 1.165) is 18.2 Å². The smallest absolute Gasteiger partial charge is 0.305 e. The second-order valence-corrected chi connectivity index (χ2v) is 6.35. The predicted molar refractivity (Wildman–Crippen MR) is 73.1 cm³/mol. The molecule has 0 aliphatic heterocycles. The van der Waals surface area contributed by atoms with Crippen LogP contribution in [-0.4, -0.2) is 33.8 Å². The van der Waals surface area contributed by atoms with Crippen molar-refractivity contribution in [2.75, 3.05) is 19.4 Å². The molecule has 0 aliphatic carbocycles. The number of methoxy groups -OCH3 is 1. The van der Waals surface area contributed by atoms with Crippen molar-refractivity contribution < 1.29 is 26.7 Å². The highest BCUT2D eigenvalue weighted by Gasteiger charge is 2.11. The van der Waals surface area contributed by atoms with E-state index in [1.165, 1.54) is 7.11 Å². The Morgan fingerprint density at radius 3 is 2.43 bits per heavy atom. The SMILES string of the molecule is COC(=O)CCCS(=O)(=O)NCCc1cc(F)cc(F)c1. The molecule has 0 atom stereocenters. The first-order valence-corrected chi connectivity index (χ1v) is 7.97. The first-order valence-electron chi connectivity index (χ1n) is 6.31. The highest BCUT2D eigenvalue weighted by atomic mass is 32.2. The lowest BCUT2D eigenvalue weighted by Gasteiger charge is -2.07. The Hall–Kier alpha value is -1.54. The second-order valence-electron chi connectivity index (χ2n) is 4.42. The van der Waals surface area contributed by atoms with E-state index >= 15 is 0 Å². The second kappa shape index (κ2) is 8.04. The Kier molecular flexibility index (Phi) is 6.70. The first kappa shape index (κ1) is 17.5. The topological polar surface area (TPSA) is 72.5 Å². The molecule has 0 spiro atoms. The maximum atomic E-state index is 12.9. The minimum Gasteiger partial charge on any atom is -0.469 e. The van der Waals surface area contributed by atoms with Crippen molar-refractivity contribution in [3.05, 3.63) is 35.4 Å². The van der Waals surface area contributed by atoms with Crippen LogP contribution in [0.5, 0.6) is 0 Å². The van der Waals surface area contributed by atoms with E-state index in [9.17, 15) is 22.0 Å². The van der Waals surface area contributed by atoms with Crippen molar-refractivity contribution in [2.24, 2.45) is 0 Å². The summed E-state index contributed by atoms with van der Waals surface area (Å²) in [5, 5.41) is 0. The van der Waals surface area contributed by atoms with Gasteiger partial charge in [-0.25, -0.2) is 21.9 Å². The molecular weight excluding hydrogens is 304 g/mol. The van der Waals surface area contributed by atoms with Crippen molar-refractivity contribution in [2.45, 2.75) is 19.3 Å². The number of carbonyl (C=O) groups excluding carboxylic acids is 1. The molecule has 0 saturated carbocycles. The summed E-state index contributed by atoms with van der Waals surface area (Å²) >= 11 is 0. The van der Waals surface area contributed by atoms with Gasteiger partial charge in [-0.1, -0.05) is 0 Å². The molecule has 0 aromatic heterocycles. The largest absolute Gasteiger partial charge is 0.469 e. The molecule has 0 saturated heterocycles. The quantitative estimate of drug-likeness (QED) is 0.734. The van der Waals surface area contributed by atoms with E-state index in [1.807, 2.05) is 0 Å². The van der Waals surface area contributed by atoms with Crippen LogP contribution < -0.4 is 4.72 Å². The summed E-state index contributed by atoms with van der Waals surface area (Å²) in [5.74, 6) is -2.09. The van der Waals surface area contributed by atoms with Crippen LogP contribution in [0.15, 0.2) is 18.2 Å². The number of benzene rings is 1. The Bertz CT molecular complexity index is 570. The lowest BCUT2D eigenvalue weighted by atomic mass is 10.1. The molecule has 1 aromatic rings. The third kappa shape index (κ3) is 7.14. The molecule has 118 valence electrons. The molecule has 0 fully saturated rings. The first-order chi connectivity index (χ1) is 9.82. The van der Waals surface area contributed by atoms with Gasteiger partial charge in [-0.2, -0.15) is 0 Å². The molecule has 1 aromatic carbocycles. The Morgan fingerprint density at radius 1 is 1.24 bits per heavy atom. The summed E-state index contributed by atoms with van der Waals surface area (Å²) < 4.78 is 55.8. The van der Waals surface area contributed by atoms with Crippen LogP contribution in [0.1, 0.15) is 18.4 Å². The van der Waals surface area contributed by atoms with Gasteiger partial charge in [-0.15, -0.1) is 0 Å². The number of nitrogens with one attached hydrogen (secondary N) is 1. The van der Waals surface area contributed by atoms with Gasteiger partial charge in [0.2, 0.25) is 10.0 Å². The maximum Gasteiger partial charge on any atom is 0.305 e. The van der Waals surface area contributed by atoms with Crippen LogP contribution >= 0.6 is 0 Å². The molecule has 0 radical (unpaired) electrons. The van der Waals surface area contributed by atoms with E-state index in [1.54, 1.807) is 0 Å². The monoisotopic (exact) mass is 321 g/mol. The zero-order valence-corrected chi connectivity index (χ0v) is 12.4. The fourth-order valence-corrected chi connectivity index (χ4v) is 2.77. The average molecular weight is 321 g/mol. The summed E-state index contributed by atoms with van der Waals surface area (Å²) in [6.45, 7) is 0.0312. The normalized spacial score (nSPS) is 11.4. The van der Waals surface area contributed by atoms with Crippen LogP contribution in [0.3, 0.4) is 0 Å². The van der Waals surface area contributed by atoms with E-state index in [-0.39, 0.29) is 31.6 Å². The number of halogens is 2. The molecule has 1 N–H and O–H groups in total. The Morgan fingerprint density at radius 2 is 1.86 bits per heavy atom. The lowest BCUT2D eigenvalue weighted by Crippen LogP contribution is -2.28. The van der Waals surface area contributed by atoms with Crippen molar-refractivity contribution in [1.29, 1.82) is 0 Å². The number of esters is 1. The molecule has 0 amide bonds. The van der Waals surface area contributed by atoms with E-state index in [4.69, 9.17) is 0 Å². The third-order valence-electron chi connectivity index (χ3n) is 2.68. The fraction of sp³-hybridized carbons (Fsp3) is 0.462. The van der Waals surface area contributed by atoms with Gasteiger partial charge in [0.1, 0.15) is 11.6 Å². The zero-order chi connectivity index (χ0) is 15.9. The average Bonchev–Trinajstić information content (AvgIpc) is 2.36. The van der Waals surface area contributed by atoms with Crippen LogP contribution in [0.2, 0.25) is 0 Å². The van der Waals surface area contributed by atoms with E-state index < -0.39 is 27.6 Å². The van der Waals surface area contributed by atoms with Crippen molar-refractivity contribution >= 4 is 16.0 Å². The van der Waals surface area contributed by atoms with Crippen molar-refractivity contribution in [1.82, 2.24) is 4.72 Å². The number of hydrogen-bond donors (Lipinski definition) is 1. The maximum absolute atomic E-state index is 12.9. The Balaban J connectivity index is 2.38. The van der Waals surface area contributed by atoms with Crippen molar-refractivity contribution in [3.8, 4) is 0 Å². The Labute approximate surface area is 122 Å². The highest BCUT2D eigenvalue weighted by molar-refractivity contribution is 7.89. The van der Waals surface area contributed by atoms with Crippen LogP contribution in [0, 0.1) is 11.6 Å². The van der Waals surface area contributed by atoms with Gasteiger partial charge in [0, 0.05) is 19.0 Å². The van der Waals surface area contributed by atoms with Gasteiger partial charge in [-0.05, 0) is 30.5 Å². The fourth-order valence-electron chi connectivity index (χ4n) is 1.69. The van der Waals surface area contributed by atoms with Gasteiger partial charge in [0.05, 0.1) is 12.9 Å². The molecule has 1 rings (SSSR count). The summed E-state index contributed by atoms with van der Waals surface area (Å²) in [6.07, 6.45) is 0.341. The van der Waals surface area contributed by atoms with Crippen LogP contribution in [-0.2, 0) is 26.0 Å². The minimum absolute atomic E-state index is 0.0204. The van der Waals surface area contributed by atoms with Gasteiger partial charge in [0.15, 0.2) is 0 Å². The molecule has 8 heteroatoms. The molecule has 0 aliphatic rings. The summed E-state index contributed by atoms with van der Waals surface area (Å²) in [6, 6.07) is 3.05. The lowest BCUT2D eigenvalue weighted by molar-refractivity contribution is -0.140. The molecule has 5 nitrogen and oxygen atoms in total. The standard InChI is InChI=1S/C13H17F2NO4S/c1-20-13(17)3-2-6-21(18,19)16-5-4-10-7-11(14)9-12(15)8-10/h7-9,16H,2-6H2,1H3. The van der Waals surface area contributed by atoms with Gasteiger partial charge in [0.25, 0.3) is 0 Å². The van der Waals surface area contributed by atoms with Crippen molar-refractivity contribution in [3.63, 3.8) is 0 Å². The van der Waals surface area contributed by atoms with Gasteiger partial charge >= 0.3 is 5.97 Å². The molecule has 0 heterocycles. The summed E-state index contributed by atoms with van der Waals surface area (Å²) in [7, 11) is -2.29. The third-order valence-corrected chi connectivity index (χ3v) is 4.15. The predicted octanol–water partition coefficient (Wildman–Crippen LogP) is 1.38. The molecule has 21 heavy (non-hydrogen) atoms. The molecule has 0 bridgehead atoms. The number of carbonyl (C=O) groups is 1. The minimum atomic E-state index is -3.52. The molecule has 0 unspecified atom stereocenters. The number of sulfonamides is 1. The van der Waals surface area contributed by atoms with E-state index in [2.05, 4.69) is 9.46 Å². The van der Waals surface area contributed by atoms with Gasteiger partial charge < -0.3 is 4.74 Å². The number of ether oxygens (including phenoxy) is 1. The highest BCUT2D eigenvalue weighted by Crippen LogP contribution is 2.08. The number of hydrogen-bond acceptors (Lipinski definition) is 4. The van der Waals surface area contributed by atoms with E-state index in [0.29, 0.717) is 5.56 Å². The van der Waals surface area contributed by atoms with Crippen LogP contribution in [0.25, 0.3) is 0 Å². The zero-order valence-electron chi connectivity index (χ0n) is 11.6. The number of rotatable bonds is 8.